The monoisotopic (exact) mass is 447 g/mol. The van der Waals surface area contributed by atoms with E-state index in [1.807, 2.05) is 0 Å². The van der Waals surface area contributed by atoms with Crippen molar-refractivity contribution >= 4 is 29.8 Å². The fourth-order valence-electron chi connectivity index (χ4n) is 3.24. The number of phenolic OH excluding ortho intramolecular Hbond substituents is 1. The molecule has 1 aliphatic rings. The molecule has 0 unspecified atom stereocenters. The van der Waals surface area contributed by atoms with Crippen LogP contribution >= 0.6 is 12.4 Å². The Morgan fingerprint density at radius 2 is 1.97 bits per heavy atom. The average Bonchev–Trinajstić information content (AvgIpc) is 3.48. The van der Waals surface area contributed by atoms with Gasteiger partial charge in [-0.3, -0.25) is 9.69 Å². The molecule has 0 saturated carbocycles. The van der Waals surface area contributed by atoms with E-state index in [-0.39, 0.29) is 35.5 Å². The first-order valence-corrected chi connectivity index (χ1v) is 9.42. The number of hydrogen-bond donors (Lipinski definition) is 3. The Balaban J connectivity index is 0.00000272. The molecule has 1 aliphatic heterocycles. The lowest BCUT2D eigenvalue weighted by molar-refractivity contribution is 0.0945. The summed E-state index contributed by atoms with van der Waals surface area (Å²) in [4.78, 5) is 15.2. The normalized spacial score (nSPS) is 14.4. The number of likely N-dealkylation sites (tertiary alicyclic amines) is 1. The van der Waals surface area contributed by atoms with Crippen molar-refractivity contribution < 1.29 is 14.5 Å². The molecule has 1 saturated heterocycles. The number of aromatic hydroxyl groups is 1. The third kappa shape index (κ3) is 4.81. The molecule has 1 aromatic carbocycles. The Labute approximate surface area is 183 Å². The Morgan fingerprint density at radius 1 is 1.26 bits per heavy atom. The average molecular weight is 448 g/mol. The Hall–Kier alpha value is -3.51. The summed E-state index contributed by atoms with van der Waals surface area (Å²) in [6.07, 6.45) is 2.21. The van der Waals surface area contributed by atoms with E-state index in [1.165, 1.54) is 4.68 Å². The van der Waals surface area contributed by atoms with E-state index < -0.39 is 5.91 Å². The molecule has 3 heterocycles. The van der Waals surface area contributed by atoms with E-state index in [1.54, 1.807) is 31.2 Å². The van der Waals surface area contributed by atoms with Crippen LogP contribution in [0.1, 0.15) is 41.5 Å². The third-order valence-electron chi connectivity index (χ3n) is 4.83. The van der Waals surface area contributed by atoms with Gasteiger partial charge in [0, 0.05) is 6.54 Å². The Bertz CT molecular complexity index is 1070. The van der Waals surface area contributed by atoms with E-state index >= 15 is 0 Å². The van der Waals surface area contributed by atoms with E-state index in [0.29, 0.717) is 18.0 Å². The molecule has 164 valence electrons. The molecule has 1 fully saturated rings. The number of nitrogens with two attached hydrogens (primary N) is 1. The minimum atomic E-state index is -0.519. The van der Waals surface area contributed by atoms with E-state index in [4.69, 9.17) is 5.73 Å². The largest absolute Gasteiger partial charge is 0.508 e. The number of phenols is 1. The summed E-state index contributed by atoms with van der Waals surface area (Å²) in [6.45, 7) is 4.07. The molecule has 0 aliphatic carbocycles. The van der Waals surface area contributed by atoms with Gasteiger partial charge in [0.05, 0.1) is 5.71 Å². The fourth-order valence-corrected chi connectivity index (χ4v) is 3.24. The smallest absolute Gasteiger partial charge is 0.292 e. The second kappa shape index (κ2) is 9.53. The topological polar surface area (TPSA) is 161 Å². The number of rotatable bonds is 6. The first kappa shape index (κ1) is 22.2. The molecule has 4 rings (SSSR count). The molecular formula is C18H22ClN9O3. The van der Waals surface area contributed by atoms with Gasteiger partial charge < -0.3 is 10.8 Å². The number of nitrogen functional groups attached to an aromatic ring is 1. The number of aromatic nitrogens is 5. The van der Waals surface area contributed by atoms with Gasteiger partial charge in [0.2, 0.25) is 11.6 Å². The maximum absolute atomic E-state index is 13.0. The molecule has 2 aromatic heterocycles. The molecule has 31 heavy (non-hydrogen) atoms. The highest BCUT2D eigenvalue weighted by atomic mass is 35.5. The van der Waals surface area contributed by atoms with Gasteiger partial charge in [0.25, 0.3) is 5.91 Å². The van der Waals surface area contributed by atoms with E-state index in [9.17, 15) is 9.90 Å². The minimum absolute atomic E-state index is 0. The van der Waals surface area contributed by atoms with Crippen molar-refractivity contribution in [3.8, 4) is 11.6 Å². The van der Waals surface area contributed by atoms with Gasteiger partial charge in [-0.25, -0.2) is 10.1 Å². The summed E-state index contributed by atoms with van der Waals surface area (Å²) in [5.41, 5.74) is 10.3. The second-order valence-corrected chi connectivity index (χ2v) is 6.94. The fraction of sp³-hybridized carbons (Fsp3) is 0.333. The van der Waals surface area contributed by atoms with Crippen LogP contribution in [0.5, 0.6) is 5.75 Å². The summed E-state index contributed by atoms with van der Waals surface area (Å²) in [5, 5.41) is 29.0. The number of carbonyl (C=O) groups is 1. The van der Waals surface area contributed by atoms with Crippen LogP contribution in [-0.4, -0.2) is 60.0 Å². The molecule has 3 aromatic rings. The van der Waals surface area contributed by atoms with Crippen LogP contribution in [0.15, 0.2) is 34.0 Å². The van der Waals surface area contributed by atoms with Gasteiger partial charge in [-0.2, -0.15) is 9.78 Å². The van der Waals surface area contributed by atoms with Crippen LogP contribution in [0.2, 0.25) is 0 Å². The number of amides is 1. The summed E-state index contributed by atoms with van der Waals surface area (Å²) in [7, 11) is 0. The predicted molar refractivity (Wildman–Crippen MR) is 113 cm³/mol. The van der Waals surface area contributed by atoms with E-state index in [0.717, 1.165) is 31.5 Å². The molecule has 13 heteroatoms. The molecule has 0 atom stereocenters. The highest BCUT2D eigenvalue weighted by molar-refractivity contribution is 6.00. The number of anilines is 1. The zero-order valence-electron chi connectivity index (χ0n) is 16.7. The number of nitrogens with one attached hydrogen (secondary N) is 1. The Kier molecular flexibility index (Phi) is 6.82. The quantitative estimate of drug-likeness (QED) is 0.371. The van der Waals surface area contributed by atoms with Crippen LogP contribution < -0.4 is 11.2 Å². The van der Waals surface area contributed by atoms with Crippen LogP contribution in [0.4, 0.5) is 5.82 Å². The number of nitrogens with zero attached hydrogens (tertiary/aromatic N) is 7. The number of hydrogen-bond acceptors (Lipinski definition) is 10. The highest BCUT2D eigenvalue weighted by Crippen LogP contribution is 2.19. The standard InChI is InChI=1S/C18H21N9O3.ClH/c1-11(12-4-6-13(28)7-5-12)20-22-18(29)15-14(10-26-8-2-3-9-26)21-25-27(15)17-16(19)23-30-24-17;/h4-7,28H,2-3,8-10H2,1H3,(H2,19,23)(H,22,29);1H/b20-11+;. The van der Waals surface area contributed by atoms with Crippen molar-refractivity contribution in [3.05, 3.63) is 41.2 Å². The summed E-state index contributed by atoms with van der Waals surface area (Å²) < 4.78 is 5.85. The molecular weight excluding hydrogens is 426 g/mol. The van der Waals surface area contributed by atoms with Gasteiger partial charge >= 0.3 is 0 Å². The van der Waals surface area contributed by atoms with Crippen LogP contribution in [0.25, 0.3) is 5.82 Å². The lowest BCUT2D eigenvalue weighted by Gasteiger charge is -2.13. The highest BCUT2D eigenvalue weighted by Gasteiger charge is 2.27. The number of carbonyl (C=O) groups excluding carboxylic acids is 1. The molecule has 12 nitrogen and oxygen atoms in total. The van der Waals surface area contributed by atoms with Gasteiger partial charge in [0.1, 0.15) is 11.4 Å². The SMILES string of the molecule is C/C(=N\NC(=O)c1c(CN2CCCC2)nnn1-c1nonc1N)c1ccc(O)cc1.Cl. The van der Waals surface area contributed by atoms with Crippen LogP contribution in [0.3, 0.4) is 0 Å². The van der Waals surface area contributed by atoms with E-state index in [2.05, 4.69) is 40.7 Å². The van der Waals surface area contributed by atoms with Gasteiger partial charge in [0.15, 0.2) is 5.69 Å². The molecule has 1 amide bonds. The zero-order chi connectivity index (χ0) is 21.1. The summed E-state index contributed by atoms with van der Waals surface area (Å²) >= 11 is 0. The van der Waals surface area contributed by atoms with Crippen LogP contribution in [0, 0.1) is 0 Å². The van der Waals surface area contributed by atoms with Crippen molar-refractivity contribution in [2.24, 2.45) is 5.10 Å². The zero-order valence-corrected chi connectivity index (χ0v) is 17.5. The first-order valence-electron chi connectivity index (χ1n) is 9.42. The number of halogens is 1. The van der Waals surface area contributed by atoms with Gasteiger partial charge in [-0.05, 0) is 73.0 Å². The summed E-state index contributed by atoms with van der Waals surface area (Å²) in [5.74, 6) is -0.296. The summed E-state index contributed by atoms with van der Waals surface area (Å²) in [6, 6.07) is 6.49. The molecule has 4 N–H and O–H groups in total. The molecule has 0 spiro atoms. The maximum Gasteiger partial charge on any atom is 0.292 e. The maximum atomic E-state index is 13.0. The number of hydrazone groups is 1. The second-order valence-electron chi connectivity index (χ2n) is 6.94. The number of benzene rings is 1. The molecule has 0 radical (unpaired) electrons. The lowest BCUT2D eigenvalue weighted by Crippen LogP contribution is -2.26. The third-order valence-corrected chi connectivity index (χ3v) is 4.83. The van der Waals surface area contributed by atoms with Crippen molar-refractivity contribution in [3.63, 3.8) is 0 Å². The lowest BCUT2D eigenvalue weighted by atomic mass is 10.1. The predicted octanol–water partition coefficient (Wildman–Crippen LogP) is 1.11. The molecule has 0 bridgehead atoms. The van der Waals surface area contributed by atoms with Crippen molar-refractivity contribution in [1.82, 2.24) is 35.6 Å². The van der Waals surface area contributed by atoms with Crippen molar-refractivity contribution in [2.45, 2.75) is 26.3 Å². The Morgan fingerprint density at radius 3 is 2.61 bits per heavy atom. The van der Waals surface area contributed by atoms with Crippen molar-refractivity contribution in [2.75, 3.05) is 18.8 Å². The van der Waals surface area contributed by atoms with Gasteiger partial charge in [-0.15, -0.1) is 17.5 Å². The van der Waals surface area contributed by atoms with Crippen LogP contribution in [-0.2, 0) is 6.54 Å². The first-order chi connectivity index (χ1) is 14.5. The minimum Gasteiger partial charge on any atom is -0.508 e. The van der Waals surface area contributed by atoms with Crippen molar-refractivity contribution in [1.29, 1.82) is 0 Å². The van der Waals surface area contributed by atoms with Gasteiger partial charge in [-0.1, -0.05) is 5.21 Å².